The van der Waals surface area contributed by atoms with Crippen LogP contribution in [0.1, 0.15) is 21.8 Å². The molecular formula is C15H11BrO2. The molecule has 0 radical (unpaired) electrons. The van der Waals surface area contributed by atoms with Gasteiger partial charge in [0.25, 0.3) is 0 Å². The molecule has 0 heterocycles. The molecule has 3 heteroatoms. The molecule has 0 amide bonds. The van der Waals surface area contributed by atoms with Crippen LogP contribution >= 0.6 is 15.9 Å². The van der Waals surface area contributed by atoms with Gasteiger partial charge in [0.1, 0.15) is 12.2 Å². The molecule has 1 unspecified atom stereocenters. The summed E-state index contributed by atoms with van der Waals surface area (Å²) in [6.07, 6.45) is 0.694. The van der Waals surface area contributed by atoms with Gasteiger partial charge in [0.2, 0.25) is 0 Å². The summed E-state index contributed by atoms with van der Waals surface area (Å²) in [5, 5.41) is 0. The molecule has 2 rings (SSSR count). The first kappa shape index (κ1) is 12.7. The van der Waals surface area contributed by atoms with Gasteiger partial charge in [-0.3, -0.25) is 4.79 Å². The minimum absolute atomic E-state index is 0.177. The van der Waals surface area contributed by atoms with Crippen molar-refractivity contribution in [1.29, 1.82) is 0 Å². The fraction of sp³-hybridized carbons (Fsp3) is 0.0667. The lowest BCUT2D eigenvalue weighted by molar-refractivity contribution is -0.108. The summed E-state index contributed by atoms with van der Waals surface area (Å²) < 4.78 is 0.904. The highest BCUT2D eigenvalue weighted by Crippen LogP contribution is 2.20. The van der Waals surface area contributed by atoms with Gasteiger partial charge in [-0.2, -0.15) is 0 Å². The van der Waals surface area contributed by atoms with Crippen LogP contribution in [-0.4, -0.2) is 12.1 Å². The Morgan fingerprint density at radius 1 is 1.00 bits per heavy atom. The summed E-state index contributed by atoms with van der Waals surface area (Å²) in [6.45, 7) is 0. The normalized spacial score (nSPS) is 11.8. The Hall–Kier alpha value is -1.74. The molecule has 0 aromatic heterocycles. The molecule has 0 aliphatic carbocycles. The second-order valence-corrected chi connectivity index (χ2v) is 4.81. The predicted molar refractivity (Wildman–Crippen MR) is 73.7 cm³/mol. The van der Waals surface area contributed by atoms with Crippen molar-refractivity contribution in [3.63, 3.8) is 0 Å². The number of aldehydes is 1. The second kappa shape index (κ2) is 5.74. The van der Waals surface area contributed by atoms with Gasteiger partial charge in [-0.25, -0.2) is 0 Å². The zero-order chi connectivity index (χ0) is 13.0. The van der Waals surface area contributed by atoms with Crippen molar-refractivity contribution in [3.05, 3.63) is 70.2 Å². The number of hydrogen-bond donors (Lipinski definition) is 0. The molecule has 90 valence electrons. The number of rotatable bonds is 4. The van der Waals surface area contributed by atoms with Gasteiger partial charge in [0.05, 0.1) is 0 Å². The fourth-order valence-corrected chi connectivity index (χ4v) is 2.01. The first-order valence-electron chi connectivity index (χ1n) is 5.52. The van der Waals surface area contributed by atoms with Crippen molar-refractivity contribution in [2.24, 2.45) is 0 Å². The van der Waals surface area contributed by atoms with Gasteiger partial charge in [0.15, 0.2) is 5.78 Å². The van der Waals surface area contributed by atoms with Crippen molar-refractivity contribution in [1.82, 2.24) is 0 Å². The number of Topliss-reactive ketones (excluding diaryl/α,β-unsaturated/α-hetero) is 1. The Bertz CT molecular complexity index is 546. The molecule has 0 N–H and O–H groups in total. The van der Waals surface area contributed by atoms with Gasteiger partial charge in [-0.1, -0.05) is 58.4 Å². The van der Waals surface area contributed by atoms with E-state index in [-0.39, 0.29) is 5.78 Å². The monoisotopic (exact) mass is 302 g/mol. The summed E-state index contributed by atoms with van der Waals surface area (Å²) in [4.78, 5) is 23.4. The van der Waals surface area contributed by atoms with Crippen LogP contribution in [-0.2, 0) is 4.79 Å². The van der Waals surface area contributed by atoms with E-state index >= 15 is 0 Å². The lowest BCUT2D eigenvalue weighted by atomic mass is 9.92. The first-order chi connectivity index (χ1) is 8.72. The van der Waals surface area contributed by atoms with Crippen LogP contribution in [0.4, 0.5) is 0 Å². The maximum Gasteiger partial charge on any atom is 0.177 e. The number of halogens is 1. The molecule has 2 aromatic rings. The molecule has 2 aromatic carbocycles. The molecule has 0 saturated carbocycles. The summed E-state index contributed by atoms with van der Waals surface area (Å²) in [5.74, 6) is -0.906. The molecule has 0 spiro atoms. The van der Waals surface area contributed by atoms with Gasteiger partial charge < -0.3 is 4.79 Å². The van der Waals surface area contributed by atoms with Gasteiger partial charge in [0, 0.05) is 10.0 Å². The van der Waals surface area contributed by atoms with Gasteiger partial charge in [-0.15, -0.1) is 0 Å². The molecule has 1 atom stereocenters. The topological polar surface area (TPSA) is 34.1 Å². The van der Waals surface area contributed by atoms with Crippen LogP contribution < -0.4 is 0 Å². The molecule has 0 aliphatic rings. The summed E-state index contributed by atoms with van der Waals surface area (Å²) in [5.41, 5.74) is 1.26. The summed E-state index contributed by atoms with van der Waals surface area (Å²) in [6, 6.07) is 16.1. The van der Waals surface area contributed by atoms with E-state index in [1.165, 1.54) is 0 Å². The number of carbonyl (C=O) groups is 2. The van der Waals surface area contributed by atoms with E-state index in [9.17, 15) is 9.59 Å². The molecule has 0 saturated heterocycles. The van der Waals surface area contributed by atoms with E-state index in [1.54, 1.807) is 36.4 Å². The fourth-order valence-electron chi connectivity index (χ4n) is 1.75. The highest BCUT2D eigenvalue weighted by atomic mass is 79.9. The first-order valence-corrected chi connectivity index (χ1v) is 6.31. The largest absolute Gasteiger partial charge is 0.302 e. The van der Waals surface area contributed by atoms with E-state index < -0.39 is 5.92 Å². The highest BCUT2D eigenvalue weighted by Gasteiger charge is 2.20. The molecule has 0 aliphatic heterocycles. The minimum atomic E-state index is -0.729. The summed E-state index contributed by atoms with van der Waals surface area (Å²) >= 11 is 3.31. The third-order valence-corrected chi connectivity index (χ3v) is 3.23. The van der Waals surface area contributed by atoms with Crippen molar-refractivity contribution in [2.75, 3.05) is 0 Å². The van der Waals surface area contributed by atoms with E-state index in [0.29, 0.717) is 11.8 Å². The summed E-state index contributed by atoms with van der Waals surface area (Å²) in [7, 11) is 0. The van der Waals surface area contributed by atoms with Crippen LogP contribution in [0.2, 0.25) is 0 Å². The maximum atomic E-state index is 12.2. The van der Waals surface area contributed by atoms with E-state index in [0.717, 1.165) is 10.0 Å². The smallest absolute Gasteiger partial charge is 0.177 e. The van der Waals surface area contributed by atoms with Crippen molar-refractivity contribution in [3.8, 4) is 0 Å². The average molecular weight is 303 g/mol. The van der Waals surface area contributed by atoms with E-state index in [1.807, 2.05) is 18.2 Å². The lowest BCUT2D eigenvalue weighted by Gasteiger charge is -2.09. The van der Waals surface area contributed by atoms with Crippen LogP contribution in [0.25, 0.3) is 0 Å². The number of hydrogen-bond acceptors (Lipinski definition) is 2. The molecular weight excluding hydrogens is 292 g/mol. The van der Waals surface area contributed by atoms with Crippen LogP contribution in [0.15, 0.2) is 59.1 Å². The number of ketones is 1. The zero-order valence-electron chi connectivity index (χ0n) is 9.55. The van der Waals surface area contributed by atoms with Crippen LogP contribution in [0.5, 0.6) is 0 Å². The Labute approximate surface area is 114 Å². The van der Waals surface area contributed by atoms with E-state index in [2.05, 4.69) is 15.9 Å². The van der Waals surface area contributed by atoms with Crippen LogP contribution in [0.3, 0.4) is 0 Å². The third kappa shape index (κ3) is 2.74. The van der Waals surface area contributed by atoms with Gasteiger partial charge in [-0.05, 0) is 17.7 Å². The van der Waals surface area contributed by atoms with Crippen molar-refractivity contribution in [2.45, 2.75) is 5.92 Å². The van der Waals surface area contributed by atoms with E-state index in [4.69, 9.17) is 0 Å². The van der Waals surface area contributed by atoms with Gasteiger partial charge >= 0.3 is 0 Å². The van der Waals surface area contributed by atoms with Crippen molar-refractivity contribution >= 4 is 28.0 Å². The quantitative estimate of drug-likeness (QED) is 0.491. The molecule has 18 heavy (non-hydrogen) atoms. The minimum Gasteiger partial charge on any atom is -0.302 e. The Morgan fingerprint density at radius 3 is 2.17 bits per heavy atom. The SMILES string of the molecule is O=CC(C(=O)c1ccc(Br)cc1)c1ccccc1. The molecule has 2 nitrogen and oxygen atoms in total. The Morgan fingerprint density at radius 2 is 1.61 bits per heavy atom. The van der Waals surface area contributed by atoms with Crippen LogP contribution in [0, 0.1) is 0 Å². The maximum absolute atomic E-state index is 12.2. The number of benzene rings is 2. The Kier molecular flexibility index (Phi) is 4.05. The average Bonchev–Trinajstić information content (AvgIpc) is 2.41. The standard InChI is InChI=1S/C15H11BrO2/c16-13-8-6-12(7-9-13)15(18)14(10-17)11-4-2-1-3-5-11/h1-10,14H. The second-order valence-electron chi connectivity index (χ2n) is 3.90. The Balaban J connectivity index is 2.31. The molecule has 0 fully saturated rings. The predicted octanol–water partition coefficient (Wildman–Crippen LogP) is 3.61. The molecule has 0 bridgehead atoms. The highest BCUT2D eigenvalue weighted by molar-refractivity contribution is 9.10. The third-order valence-electron chi connectivity index (χ3n) is 2.71. The number of carbonyl (C=O) groups excluding carboxylic acids is 2. The van der Waals surface area contributed by atoms with Crippen molar-refractivity contribution < 1.29 is 9.59 Å². The zero-order valence-corrected chi connectivity index (χ0v) is 11.1. The lowest BCUT2D eigenvalue weighted by Crippen LogP contribution is -2.14.